The van der Waals surface area contributed by atoms with Crippen molar-refractivity contribution in [3.63, 3.8) is 0 Å². The summed E-state index contributed by atoms with van der Waals surface area (Å²) < 4.78 is 5.38. The van der Waals surface area contributed by atoms with Gasteiger partial charge in [0, 0.05) is 51.9 Å². The third-order valence-corrected chi connectivity index (χ3v) is 5.30. The molecule has 2 aliphatic rings. The zero-order valence-corrected chi connectivity index (χ0v) is 19.7. The van der Waals surface area contributed by atoms with Crippen LogP contribution in [0.3, 0.4) is 0 Å². The van der Waals surface area contributed by atoms with Crippen LogP contribution in [0.1, 0.15) is 31.2 Å². The normalized spacial score (nSPS) is 17.9. The minimum atomic E-state index is 0. The molecule has 1 aromatic carbocycles. The number of unbranched alkanes of at least 4 members (excludes halogenated alkanes) is 1. The van der Waals surface area contributed by atoms with Gasteiger partial charge < -0.3 is 20.3 Å². The molecule has 0 aromatic heterocycles. The monoisotopic (exact) mass is 515 g/mol. The zero-order chi connectivity index (χ0) is 19.6. The molecule has 8 heteroatoms. The van der Waals surface area contributed by atoms with E-state index < -0.39 is 0 Å². The Kier molecular flexibility index (Phi) is 10.7. The van der Waals surface area contributed by atoms with Gasteiger partial charge in [-0.25, -0.2) is 0 Å². The Morgan fingerprint density at radius 1 is 1.10 bits per heavy atom. The van der Waals surface area contributed by atoms with Crippen LogP contribution in [0.15, 0.2) is 29.3 Å². The molecule has 162 valence electrons. The fourth-order valence-corrected chi connectivity index (χ4v) is 3.61. The Morgan fingerprint density at radius 2 is 1.86 bits per heavy atom. The van der Waals surface area contributed by atoms with E-state index in [-0.39, 0.29) is 29.9 Å². The van der Waals surface area contributed by atoms with Crippen LogP contribution in [0.4, 0.5) is 5.69 Å². The summed E-state index contributed by atoms with van der Waals surface area (Å²) in [7, 11) is 1.80. The van der Waals surface area contributed by atoms with Crippen molar-refractivity contribution < 1.29 is 9.53 Å². The lowest BCUT2D eigenvalue weighted by atomic mass is 10.2. The fraction of sp³-hybridized carbons (Fsp3) is 0.619. The first kappa shape index (κ1) is 23.9. The summed E-state index contributed by atoms with van der Waals surface area (Å²) in [5.74, 6) is 1.05. The van der Waals surface area contributed by atoms with Crippen LogP contribution >= 0.6 is 24.0 Å². The van der Waals surface area contributed by atoms with Crippen molar-refractivity contribution in [3.05, 3.63) is 29.8 Å². The molecule has 0 radical (unpaired) electrons. The van der Waals surface area contributed by atoms with Gasteiger partial charge in [-0.15, -0.1) is 24.0 Å². The predicted molar refractivity (Wildman–Crippen MR) is 128 cm³/mol. The maximum atomic E-state index is 11.8. The molecule has 0 unspecified atom stereocenters. The molecule has 0 atom stereocenters. The van der Waals surface area contributed by atoms with Gasteiger partial charge in [0.2, 0.25) is 5.91 Å². The minimum absolute atomic E-state index is 0. The number of carbonyl (C=O) groups is 1. The van der Waals surface area contributed by atoms with Crippen molar-refractivity contribution in [1.82, 2.24) is 15.5 Å². The first-order valence-electron chi connectivity index (χ1n) is 10.4. The maximum Gasteiger partial charge on any atom is 0.227 e. The van der Waals surface area contributed by atoms with Gasteiger partial charge in [-0.2, -0.15) is 0 Å². The van der Waals surface area contributed by atoms with Crippen molar-refractivity contribution in [1.29, 1.82) is 0 Å². The Balaban J connectivity index is 0.00000300. The highest BCUT2D eigenvalue weighted by Crippen LogP contribution is 2.21. The van der Waals surface area contributed by atoms with Crippen LogP contribution in [-0.2, 0) is 16.1 Å². The van der Waals surface area contributed by atoms with Crippen LogP contribution in [0.25, 0.3) is 0 Å². The van der Waals surface area contributed by atoms with E-state index in [1.807, 2.05) is 17.0 Å². The van der Waals surface area contributed by atoms with E-state index in [9.17, 15) is 4.79 Å². The van der Waals surface area contributed by atoms with Gasteiger partial charge in [0.1, 0.15) is 0 Å². The Bertz CT molecular complexity index is 647. The molecule has 0 spiro atoms. The van der Waals surface area contributed by atoms with Crippen molar-refractivity contribution in [2.45, 2.75) is 32.2 Å². The molecule has 0 saturated carbocycles. The molecule has 3 rings (SSSR count). The largest absolute Gasteiger partial charge is 0.379 e. The summed E-state index contributed by atoms with van der Waals surface area (Å²) in [4.78, 5) is 20.5. The average molecular weight is 515 g/mol. The number of carbonyl (C=O) groups excluding carboxylic acids is 1. The fourth-order valence-electron chi connectivity index (χ4n) is 3.61. The van der Waals surface area contributed by atoms with E-state index in [0.29, 0.717) is 13.0 Å². The molecular formula is C21H34IN5O2. The summed E-state index contributed by atoms with van der Waals surface area (Å²) in [6.45, 7) is 7.44. The number of hydrogen-bond acceptors (Lipinski definition) is 4. The van der Waals surface area contributed by atoms with Crippen LogP contribution in [0, 0.1) is 0 Å². The number of anilines is 1. The number of nitrogens with zero attached hydrogens (tertiary/aromatic N) is 3. The quantitative estimate of drug-likeness (QED) is 0.241. The molecule has 1 aromatic rings. The van der Waals surface area contributed by atoms with Crippen molar-refractivity contribution in [3.8, 4) is 0 Å². The van der Waals surface area contributed by atoms with E-state index in [2.05, 4.69) is 32.7 Å². The highest BCUT2D eigenvalue weighted by atomic mass is 127. The second kappa shape index (κ2) is 13.0. The molecule has 1 amide bonds. The second-order valence-electron chi connectivity index (χ2n) is 7.33. The topological polar surface area (TPSA) is 69.2 Å². The van der Waals surface area contributed by atoms with Gasteiger partial charge in [0.15, 0.2) is 5.96 Å². The molecule has 2 saturated heterocycles. The summed E-state index contributed by atoms with van der Waals surface area (Å²) in [5.41, 5.74) is 2.17. The van der Waals surface area contributed by atoms with Crippen LogP contribution in [0.5, 0.6) is 0 Å². The van der Waals surface area contributed by atoms with E-state index in [4.69, 9.17) is 4.74 Å². The van der Waals surface area contributed by atoms with Gasteiger partial charge in [-0.3, -0.25) is 14.7 Å². The van der Waals surface area contributed by atoms with E-state index in [1.165, 1.54) is 12.0 Å². The first-order valence-corrected chi connectivity index (χ1v) is 10.4. The number of guanidine groups is 1. The van der Waals surface area contributed by atoms with Gasteiger partial charge >= 0.3 is 0 Å². The standard InChI is InChI=1S/C21H33N5O2.HI/c1-22-21(23-10-2-3-11-25-13-15-28-16-14-25)24-17-18-6-8-19(9-7-18)26-12-4-5-20(26)27;/h6-9H,2-5,10-17H2,1H3,(H2,22,23,24);1H. The van der Waals surface area contributed by atoms with Gasteiger partial charge in [-0.05, 0) is 43.5 Å². The third kappa shape index (κ3) is 7.75. The van der Waals surface area contributed by atoms with Crippen LogP contribution in [-0.4, -0.2) is 69.8 Å². The molecule has 0 aliphatic carbocycles. The second-order valence-corrected chi connectivity index (χ2v) is 7.33. The summed E-state index contributed by atoms with van der Waals surface area (Å²) in [5, 5.41) is 6.74. The number of ether oxygens (including phenoxy) is 1. The molecule has 2 fully saturated rings. The molecule has 2 N–H and O–H groups in total. The molecule has 0 bridgehead atoms. The number of hydrogen-bond donors (Lipinski definition) is 2. The van der Waals surface area contributed by atoms with E-state index in [0.717, 1.165) is 70.4 Å². The molecule has 7 nitrogen and oxygen atoms in total. The Labute approximate surface area is 191 Å². The molecular weight excluding hydrogens is 481 g/mol. The Morgan fingerprint density at radius 3 is 2.52 bits per heavy atom. The van der Waals surface area contributed by atoms with Crippen molar-refractivity contribution >= 4 is 41.5 Å². The number of aliphatic imine (C=N–C) groups is 1. The lowest BCUT2D eigenvalue weighted by molar-refractivity contribution is -0.117. The number of rotatable bonds is 8. The first-order chi connectivity index (χ1) is 13.8. The average Bonchev–Trinajstić information content (AvgIpc) is 3.17. The third-order valence-electron chi connectivity index (χ3n) is 5.30. The van der Waals surface area contributed by atoms with Crippen LogP contribution < -0.4 is 15.5 Å². The summed E-state index contributed by atoms with van der Waals surface area (Å²) in [6.07, 6.45) is 3.92. The number of halogens is 1. The van der Waals surface area contributed by atoms with E-state index in [1.54, 1.807) is 7.05 Å². The number of nitrogens with one attached hydrogen (secondary N) is 2. The predicted octanol–water partition coefficient (Wildman–Crippen LogP) is 2.21. The smallest absolute Gasteiger partial charge is 0.227 e. The zero-order valence-electron chi connectivity index (χ0n) is 17.4. The minimum Gasteiger partial charge on any atom is -0.379 e. The summed E-state index contributed by atoms with van der Waals surface area (Å²) >= 11 is 0. The van der Waals surface area contributed by atoms with Crippen molar-refractivity contribution in [2.75, 3.05) is 57.9 Å². The lowest BCUT2D eigenvalue weighted by Gasteiger charge is -2.26. The lowest BCUT2D eigenvalue weighted by Crippen LogP contribution is -2.38. The highest BCUT2D eigenvalue weighted by molar-refractivity contribution is 14.0. The highest BCUT2D eigenvalue weighted by Gasteiger charge is 2.21. The number of amides is 1. The maximum absolute atomic E-state index is 11.8. The van der Waals surface area contributed by atoms with Gasteiger partial charge in [-0.1, -0.05) is 12.1 Å². The van der Waals surface area contributed by atoms with Gasteiger partial charge in [0.25, 0.3) is 0 Å². The van der Waals surface area contributed by atoms with Crippen molar-refractivity contribution in [2.24, 2.45) is 4.99 Å². The summed E-state index contributed by atoms with van der Waals surface area (Å²) in [6, 6.07) is 8.21. The van der Waals surface area contributed by atoms with Crippen LogP contribution in [0.2, 0.25) is 0 Å². The number of morpholine rings is 1. The number of benzene rings is 1. The van der Waals surface area contributed by atoms with E-state index >= 15 is 0 Å². The molecule has 2 heterocycles. The molecule has 29 heavy (non-hydrogen) atoms. The Hall–Kier alpha value is -1.39. The van der Waals surface area contributed by atoms with Gasteiger partial charge in [0.05, 0.1) is 13.2 Å². The SMILES string of the molecule is CN=C(NCCCCN1CCOCC1)NCc1ccc(N2CCCC2=O)cc1.I. The molecule has 2 aliphatic heterocycles.